The van der Waals surface area contributed by atoms with Crippen LogP contribution in [0.2, 0.25) is 0 Å². The average molecular weight is 312 g/mol. The van der Waals surface area contributed by atoms with Crippen LogP contribution in [-0.4, -0.2) is 42.6 Å². The first kappa shape index (κ1) is 15.6. The number of rotatable bonds is 3. The number of nitrogens with one attached hydrogen (secondary N) is 2. The maximum Gasteiger partial charge on any atom is 0.325 e. The van der Waals surface area contributed by atoms with E-state index in [1.165, 1.54) is 4.90 Å². The molecule has 2 aliphatic heterocycles. The number of carbonyl (C=O) groups is 2. The van der Waals surface area contributed by atoms with E-state index < -0.39 is 5.54 Å². The van der Waals surface area contributed by atoms with Crippen LogP contribution in [0.3, 0.4) is 0 Å². The smallest absolute Gasteiger partial charge is 0.325 e. The number of carbonyl (C=O) groups excluding carboxylic acids is 2. The van der Waals surface area contributed by atoms with E-state index in [2.05, 4.69) is 10.6 Å². The predicted octanol–water partition coefficient (Wildman–Crippen LogP) is 0.901. The van der Waals surface area contributed by atoms with Gasteiger partial charge in [-0.25, -0.2) is 4.79 Å². The van der Waals surface area contributed by atoms with E-state index in [1.807, 2.05) is 24.3 Å². The van der Waals surface area contributed by atoms with Gasteiger partial charge in [0.2, 0.25) is 0 Å². The molecular weight excluding hydrogens is 294 g/mol. The van der Waals surface area contributed by atoms with E-state index in [1.54, 1.807) is 7.11 Å². The molecule has 1 spiro atoms. The second kappa shape index (κ2) is 5.91. The Hall–Kier alpha value is -1.79. The molecule has 1 aromatic rings. The third-order valence-electron chi connectivity index (χ3n) is 3.90. The monoisotopic (exact) mass is 311 g/mol. The molecule has 114 valence electrons. The predicted molar refractivity (Wildman–Crippen MR) is 79.5 cm³/mol. The largest absolute Gasteiger partial charge is 0.497 e. The number of imide groups is 1. The Balaban J connectivity index is 0.00000161. The number of amides is 3. The van der Waals surface area contributed by atoms with Crippen LogP contribution in [0, 0.1) is 0 Å². The van der Waals surface area contributed by atoms with Crippen molar-refractivity contribution in [3.8, 4) is 5.75 Å². The summed E-state index contributed by atoms with van der Waals surface area (Å²) in [5.41, 5.74) is 0.168. The molecule has 2 heterocycles. The summed E-state index contributed by atoms with van der Waals surface area (Å²) in [7, 11) is 1.60. The van der Waals surface area contributed by atoms with Crippen molar-refractivity contribution in [3.05, 3.63) is 29.8 Å². The van der Waals surface area contributed by atoms with Gasteiger partial charge < -0.3 is 15.4 Å². The zero-order valence-corrected chi connectivity index (χ0v) is 12.5. The fourth-order valence-electron chi connectivity index (χ4n) is 2.71. The Kier molecular flexibility index (Phi) is 4.39. The molecule has 2 N–H and O–H groups in total. The molecule has 0 bridgehead atoms. The summed E-state index contributed by atoms with van der Waals surface area (Å²) >= 11 is 0. The summed E-state index contributed by atoms with van der Waals surface area (Å²) in [6.45, 7) is 1.55. The quantitative estimate of drug-likeness (QED) is 0.814. The molecule has 7 heteroatoms. The molecule has 0 aromatic heterocycles. The van der Waals surface area contributed by atoms with Crippen molar-refractivity contribution in [2.75, 3.05) is 20.2 Å². The van der Waals surface area contributed by atoms with E-state index in [0.29, 0.717) is 13.0 Å². The number of halogens is 1. The zero-order valence-electron chi connectivity index (χ0n) is 11.7. The van der Waals surface area contributed by atoms with E-state index >= 15 is 0 Å². The second-order valence-corrected chi connectivity index (χ2v) is 5.18. The molecule has 1 atom stereocenters. The highest BCUT2D eigenvalue weighted by molar-refractivity contribution is 6.07. The lowest BCUT2D eigenvalue weighted by atomic mass is 9.99. The van der Waals surface area contributed by atoms with Gasteiger partial charge in [-0.15, -0.1) is 12.4 Å². The third kappa shape index (κ3) is 2.69. The van der Waals surface area contributed by atoms with E-state index in [4.69, 9.17) is 4.74 Å². The lowest BCUT2D eigenvalue weighted by Crippen LogP contribution is -2.48. The van der Waals surface area contributed by atoms with Crippen molar-refractivity contribution in [1.29, 1.82) is 0 Å². The maximum absolute atomic E-state index is 12.4. The third-order valence-corrected chi connectivity index (χ3v) is 3.90. The molecule has 0 aliphatic carbocycles. The lowest BCUT2D eigenvalue weighted by Gasteiger charge is -2.19. The highest BCUT2D eigenvalue weighted by atomic mass is 35.5. The van der Waals surface area contributed by atoms with Gasteiger partial charge in [-0.3, -0.25) is 9.69 Å². The Bertz CT molecular complexity index is 541. The summed E-state index contributed by atoms with van der Waals surface area (Å²) in [5, 5.41) is 5.95. The minimum atomic E-state index is -0.733. The van der Waals surface area contributed by atoms with E-state index in [-0.39, 0.29) is 30.9 Å². The summed E-state index contributed by atoms with van der Waals surface area (Å²) in [4.78, 5) is 25.7. The minimum Gasteiger partial charge on any atom is -0.497 e. The minimum absolute atomic E-state index is 0. The molecular formula is C14H18ClN3O3. The highest BCUT2D eigenvalue weighted by Gasteiger charge is 2.52. The van der Waals surface area contributed by atoms with Crippen LogP contribution in [0.1, 0.15) is 12.0 Å². The SMILES string of the molecule is COc1ccc(CN2C(=O)NC3(CCNC3)C2=O)cc1.Cl. The van der Waals surface area contributed by atoms with Crippen LogP contribution in [0.25, 0.3) is 0 Å². The van der Waals surface area contributed by atoms with Crippen molar-refractivity contribution in [1.82, 2.24) is 15.5 Å². The van der Waals surface area contributed by atoms with Gasteiger partial charge in [0.25, 0.3) is 5.91 Å². The normalized spacial score (nSPS) is 24.1. The standard InChI is InChI=1S/C14H17N3O3.ClH/c1-20-11-4-2-10(3-5-11)8-17-12(18)14(16-13(17)19)6-7-15-9-14;/h2-5,15H,6-9H2,1H3,(H,16,19);1H. The summed E-state index contributed by atoms with van der Waals surface area (Å²) in [6.07, 6.45) is 0.649. The van der Waals surface area contributed by atoms with Crippen molar-refractivity contribution >= 4 is 24.3 Å². The Labute approximate surface area is 129 Å². The first-order valence-electron chi connectivity index (χ1n) is 6.62. The van der Waals surface area contributed by atoms with Crippen molar-refractivity contribution < 1.29 is 14.3 Å². The fourth-order valence-corrected chi connectivity index (χ4v) is 2.71. The number of urea groups is 1. The molecule has 1 aromatic carbocycles. The number of hydrogen-bond donors (Lipinski definition) is 2. The fraction of sp³-hybridized carbons (Fsp3) is 0.429. The van der Waals surface area contributed by atoms with Crippen LogP contribution in [0.15, 0.2) is 24.3 Å². The average Bonchev–Trinajstić information content (AvgIpc) is 3.01. The van der Waals surface area contributed by atoms with Crippen molar-refractivity contribution in [2.24, 2.45) is 0 Å². The molecule has 2 saturated heterocycles. The van der Waals surface area contributed by atoms with E-state index in [9.17, 15) is 9.59 Å². The first-order valence-corrected chi connectivity index (χ1v) is 6.62. The van der Waals surface area contributed by atoms with Crippen LogP contribution in [0.5, 0.6) is 5.75 Å². The maximum atomic E-state index is 12.4. The summed E-state index contributed by atoms with van der Waals surface area (Å²) in [5.74, 6) is 0.616. The van der Waals surface area contributed by atoms with Crippen molar-refractivity contribution in [2.45, 2.75) is 18.5 Å². The van der Waals surface area contributed by atoms with Crippen LogP contribution in [-0.2, 0) is 11.3 Å². The molecule has 1 unspecified atom stereocenters. The van der Waals surface area contributed by atoms with Gasteiger partial charge in [-0.2, -0.15) is 0 Å². The van der Waals surface area contributed by atoms with Gasteiger partial charge in [0.15, 0.2) is 0 Å². The summed E-state index contributed by atoms with van der Waals surface area (Å²) in [6, 6.07) is 7.05. The van der Waals surface area contributed by atoms with Gasteiger partial charge in [0.05, 0.1) is 13.7 Å². The lowest BCUT2D eigenvalue weighted by molar-refractivity contribution is -0.131. The van der Waals surface area contributed by atoms with Gasteiger partial charge in [-0.1, -0.05) is 12.1 Å². The molecule has 2 aliphatic rings. The topological polar surface area (TPSA) is 70.7 Å². The molecule has 2 fully saturated rings. The first-order chi connectivity index (χ1) is 9.64. The molecule has 6 nitrogen and oxygen atoms in total. The Morgan fingerprint density at radius 2 is 2.00 bits per heavy atom. The highest BCUT2D eigenvalue weighted by Crippen LogP contribution is 2.25. The van der Waals surface area contributed by atoms with Gasteiger partial charge in [0, 0.05) is 6.54 Å². The van der Waals surface area contributed by atoms with Gasteiger partial charge in [-0.05, 0) is 30.7 Å². The Morgan fingerprint density at radius 3 is 2.57 bits per heavy atom. The molecule has 3 rings (SSSR count). The molecule has 0 saturated carbocycles. The summed E-state index contributed by atoms with van der Waals surface area (Å²) < 4.78 is 5.09. The van der Waals surface area contributed by atoms with Gasteiger partial charge >= 0.3 is 6.03 Å². The van der Waals surface area contributed by atoms with E-state index in [0.717, 1.165) is 17.9 Å². The molecule has 3 amide bonds. The van der Waals surface area contributed by atoms with Crippen LogP contribution in [0.4, 0.5) is 4.79 Å². The Morgan fingerprint density at radius 1 is 1.29 bits per heavy atom. The number of hydrogen-bond acceptors (Lipinski definition) is 4. The molecule has 0 radical (unpaired) electrons. The molecule has 21 heavy (non-hydrogen) atoms. The number of methoxy groups -OCH3 is 1. The number of ether oxygens (including phenoxy) is 1. The van der Waals surface area contributed by atoms with Crippen LogP contribution >= 0.6 is 12.4 Å². The van der Waals surface area contributed by atoms with Crippen molar-refractivity contribution in [3.63, 3.8) is 0 Å². The zero-order chi connectivity index (χ0) is 14.2. The number of benzene rings is 1. The number of nitrogens with zero attached hydrogens (tertiary/aromatic N) is 1. The van der Waals surface area contributed by atoms with Gasteiger partial charge in [0.1, 0.15) is 11.3 Å². The van der Waals surface area contributed by atoms with Crippen LogP contribution < -0.4 is 15.4 Å². The second-order valence-electron chi connectivity index (χ2n) is 5.18.